The number of piperidine rings is 1. The van der Waals surface area contributed by atoms with E-state index >= 15 is 0 Å². The summed E-state index contributed by atoms with van der Waals surface area (Å²) in [5, 5.41) is 3.42. The van der Waals surface area contributed by atoms with Gasteiger partial charge in [-0.3, -0.25) is 4.79 Å². The molecule has 4 aliphatic rings. The van der Waals surface area contributed by atoms with Gasteiger partial charge in [0.05, 0.1) is 6.10 Å². The molecule has 6 heterocycles. The Balaban J connectivity index is 1.28. The Morgan fingerprint density at radius 1 is 1.00 bits per heavy atom. The average molecular weight is 438 g/mol. The molecule has 0 unspecified atom stereocenters. The summed E-state index contributed by atoms with van der Waals surface area (Å²) in [5.74, 6) is 2.91. The van der Waals surface area contributed by atoms with Crippen LogP contribution < -0.4 is 20.7 Å². The molecule has 170 valence electrons. The van der Waals surface area contributed by atoms with Crippen molar-refractivity contribution in [3.63, 3.8) is 0 Å². The number of anilines is 3. The number of nitrogens with zero attached hydrogens (tertiary/aromatic N) is 6. The van der Waals surface area contributed by atoms with Gasteiger partial charge in [-0.2, -0.15) is 15.0 Å². The molecule has 4 aliphatic heterocycles. The second-order valence-corrected chi connectivity index (χ2v) is 9.57. The number of fused-ring (bicyclic) bond motifs is 4. The van der Waals surface area contributed by atoms with E-state index in [1.807, 2.05) is 10.6 Å². The van der Waals surface area contributed by atoms with Gasteiger partial charge in [-0.05, 0) is 44.1 Å². The van der Waals surface area contributed by atoms with Crippen molar-refractivity contribution >= 4 is 17.8 Å². The lowest BCUT2D eigenvalue weighted by molar-refractivity contribution is 0.120. The molecule has 1 N–H and O–H groups in total. The third kappa shape index (κ3) is 3.83. The molecule has 2 aromatic heterocycles. The van der Waals surface area contributed by atoms with E-state index in [-0.39, 0.29) is 11.7 Å². The Bertz CT molecular complexity index is 1030. The van der Waals surface area contributed by atoms with Crippen molar-refractivity contribution in [3.8, 4) is 0 Å². The van der Waals surface area contributed by atoms with Crippen molar-refractivity contribution in [1.29, 1.82) is 0 Å². The maximum absolute atomic E-state index is 12.4. The van der Waals surface area contributed by atoms with Gasteiger partial charge in [-0.1, -0.05) is 6.07 Å². The number of ether oxygens (including phenoxy) is 1. The highest BCUT2D eigenvalue weighted by Gasteiger charge is 2.36. The molecule has 0 saturated carbocycles. The summed E-state index contributed by atoms with van der Waals surface area (Å²) >= 11 is 0. The first kappa shape index (κ1) is 20.0. The fraction of sp³-hybridized carbons (Fsp3) is 0.652. The van der Waals surface area contributed by atoms with Crippen LogP contribution in [0.4, 0.5) is 17.8 Å². The third-order valence-electron chi connectivity index (χ3n) is 7.28. The van der Waals surface area contributed by atoms with Crippen molar-refractivity contribution in [2.45, 2.75) is 50.7 Å². The Kier molecular flexibility index (Phi) is 5.21. The Labute approximate surface area is 187 Å². The van der Waals surface area contributed by atoms with Gasteiger partial charge in [0.2, 0.25) is 17.8 Å². The molecule has 0 amide bonds. The standard InChI is InChI=1S/C23H31N7O2/c31-20-7-3-6-19-17-11-16(14-30(19)20)13-29(15-17)23-26-21(24-12-18-5-4-10-32-18)25-22(27-23)28-8-1-2-9-28/h3,6-7,16-18H,1-2,4-5,8-15H2,(H,24,25,26,27)/t16-,17-,18-/m0/s1. The molecule has 0 aliphatic carbocycles. The monoisotopic (exact) mass is 437 g/mol. The van der Waals surface area contributed by atoms with Crippen LogP contribution in [0.2, 0.25) is 0 Å². The highest BCUT2D eigenvalue weighted by molar-refractivity contribution is 5.47. The summed E-state index contributed by atoms with van der Waals surface area (Å²) in [6, 6.07) is 5.65. The molecule has 9 heteroatoms. The maximum atomic E-state index is 12.4. The molecule has 3 saturated heterocycles. The quantitative estimate of drug-likeness (QED) is 0.758. The number of hydrogen-bond acceptors (Lipinski definition) is 8. The van der Waals surface area contributed by atoms with Gasteiger partial charge in [-0.15, -0.1) is 0 Å². The average Bonchev–Trinajstić information content (AvgIpc) is 3.53. The van der Waals surface area contributed by atoms with E-state index < -0.39 is 0 Å². The first-order valence-corrected chi connectivity index (χ1v) is 12.0. The van der Waals surface area contributed by atoms with Gasteiger partial charge in [0.1, 0.15) is 0 Å². The van der Waals surface area contributed by atoms with Crippen LogP contribution in [0.15, 0.2) is 23.0 Å². The first-order chi connectivity index (χ1) is 15.7. The minimum absolute atomic E-state index is 0.114. The minimum Gasteiger partial charge on any atom is -0.376 e. The number of rotatable bonds is 5. The molecule has 9 nitrogen and oxygen atoms in total. The molecular formula is C23H31N7O2. The molecule has 6 rings (SSSR count). The summed E-state index contributed by atoms with van der Waals surface area (Å²) in [6.07, 6.45) is 5.91. The van der Waals surface area contributed by atoms with Crippen LogP contribution in [0.5, 0.6) is 0 Å². The molecule has 3 atom stereocenters. The Hall–Kier alpha value is -2.68. The van der Waals surface area contributed by atoms with Gasteiger partial charge in [-0.25, -0.2) is 0 Å². The van der Waals surface area contributed by atoms with E-state index in [0.29, 0.717) is 17.8 Å². The number of pyridine rings is 1. The Morgan fingerprint density at radius 2 is 1.84 bits per heavy atom. The van der Waals surface area contributed by atoms with Crippen molar-refractivity contribution in [1.82, 2.24) is 19.5 Å². The lowest BCUT2D eigenvalue weighted by Crippen LogP contribution is -2.47. The summed E-state index contributed by atoms with van der Waals surface area (Å²) < 4.78 is 7.73. The highest BCUT2D eigenvalue weighted by Crippen LogP contribution is 2.36. The van der Waals surface area contributed by atoms with Crippen molar-refractivity contribution in [2.75, 3.05) is 54.4 Å². The SMILES string of the molecule is O=c1cccc2n1C[C@H]1C[C@H]2CN(c2nc(NC[C@@H]3CCCO3)nc(N3CCCC3)n2)C1. The minimum atomic E-state index is 0.114. The predicted octanol–water partition coefficient (Wildman–Crippen LogP) is 1.85. The van der Waals surface area contributed by atoms with Gasteiger partial charge in [0, 0.05) is 63.6 Å². The molecular weight excluding hydrogens is 406 g/mol. The predicted molar refractivity (Wildman–Crippen MR) is 123 cm³/mol. The third-order valence-corrected chi connectivity index (χ3v) is 7.28. The topological polar surface area (TPSA) is 88.4 Å². The van der Waals surface area contributed by atoms with Crippen molar-refractivity contribution < 1.29 is 4.74 Å². The van der Waals surface area contributed by atoms with Crippen LogP contribution in [-0.4, -0.2) is 65.0 Å². The van der Waals surface area contributed by atoms with Gasteiger partial charge < -0.3 is 24.4 Å². The molecule has 3 fully saturated rings. The number of nitrogens with one attached hydrogen (secondary N) is 1. The van der Waals surface area contributed by atoms with Gasteiger partial charge >= 0.3 is 0 Å². The van der Waals surface area contributed by atoms with Crippen LogP contribution in [0.25, 0.3) is 0 Å². The normalized spacial score (nSPS) is 26.9. The Morgan fingerprint density at radius 3 is 2.66 bits per heavy atom. The van der Waals surface area contributed by atoms with E-state index in [2.05, 4.69) is 21.2 Å². The van der Waals surface area contributed by atoms with E-state index in [1.165, 1.54) is 12.8 Å². The molecule has 2 bridgehead atoms. The molecule has 0 aromatic carbocycles. The zero-order valence-electron chi connectivity index (χ0n) is 18.4. The lowest BCUT2D eigenvalue weighted by atomic mass is 9.83. The van der Waals surface area contributed by atoms with E-state index in [9.17, 15) is 4.79 Å². The molecule has 32 heavy (non-hydrogen) atoms. The van der Waals surface area contributed by atoms with E-state index in [4.69, 9.17) is 19.7 Å². The fourth-order valence-corrected chi connectivity index (χ4v) is 5.70. The molecule has 0 spiro atoms. The number of aromatic nitrogens is 4. The zero-order valence-corrected chi connectivity index (χ0v) is 18.4. The smallest absolute Gasteiger partial charge is 0.250 e. The van der Waals surface area contributed by atoms with Crippen LogP contribution in [0.1, 0.15) is 43.7 Å². The van der Waals surface area contributed by atoms with E-state index in [0.717, 1.165) is 82.7 Å². The molecule has 2 aromatic rings. The second kappa shape index (κ2) is 8.35. The van der Waals surface area contributed by atoms with E-state index in [1.54, 1.807) is 6.07 Å². The largest absolute Gasteiger partial charge is 0.376 e. The van der Waals surface area contributed by atoms with Crippen LogP contribution >= 0.6 is 0 Å². The van der Waals surface area contributed by atoms with Crippen molar-refractivity contribution in [2.24, 2.45) is 5.92 Å². The number of hydrogen-bond donors (Lipinski definition) is 1. The summed E-state index contributed by atoms with van der Waals surface area (Å²) in [7, 11) is 0. The lowest BCUT2D eigenvalue weighted by Gasteiger charge is -2.42. The fourth-order valence-electron chi connectivity index (χ4n) is 5.70. The van der Waals surface area contributed by atoms with Gasteiger partial charge in [0.15, 0.2) is 0 Å². The van der Waals surface area contributed by atoms with Gasteiger partial charge in [0.25, 0.3) is 5.56 Å². The van der Waals surface area contributed by atoms with Crippen molar-refractivity contribution in [3.05, 3.63) is 34.2 Å². The summed E-state index contributed by atoms with van der Waals surface area (Å²) in [4.78, 5) is 31.4. The maximum Gasteiger partial charge on any atom is 0.250 e. The zero-order chi connectivity index (χ0) is 21.5. The molecule has 0 radical (unpaired) electrons. The van der Waals surface area contributed by atoms with Crippen LogP contribution in [0.3, 0.4) is 0 Å². The van der Waals surface area contributed by atoms with Crippen LogP contribution in [0, 0.1) is 5.92 Å². The summed E-state index contributed by atoms with van der Waals surface area (Å²) in [5.41, 5.74) is 1.26. The first-order valence-electron chi connectivity index (χ1n) is 12.0. The summed E-state index contributed by atoms with van der Waals surface area (Å²) in [6.45, 7) is 6.03. The van der Waals surface area contributed by atoms with Crippen LogP contribution in [-0.2, 0) is 11.3 Å². The second-order valence-electron chi connectivity index (χ2n) is 9.57. The highest BCUT2D eigenvalue weighted by atomic mass is 16.5.